The van der Waals surface area contributed by atoms with Crippen molar-refractivity contribution in [3.05, 3.63) is 170 Å². The number of aromatic nitrogens is 3. The molecule has 0 radical (unpaired) electrons. The first-order valence-corrected chi connectivity index (χ1v) is 17.8. The van der Waals surface area contributed by atoms with E-state index in [1.54, 1.807) is 0 Å². The summed E-state index contributed by atoms with van der Waals surface area (Å²) in [6, 6.07) is 51.4. The third kappa shape index (κ3) is 5.61. The Balaban J connectivity index is 0.00000384. The van der Waals surface area contributed by atoms with Crippen LogP contribution < -0.4 is 14.5 Å². The van der Waals surface area contributed by atoms with Crippen molar-refractivity contribution < 1.29 is 25.8 Å². The number of nitrogens with zero attached hydrogens (tertiary/aromatic N) is 5. The SMILES string of the molecule is CC(C)(C)c1ccnc(-n2c3[c-]c(Oc4[c-]c(N5[CH-]N(c6cccc7ccc8ccccc8c67)c6ccncc65)ccc4)ccc3c3ccccc32)c1.[Pt]. The Morgan fingerprint density at radius 2 is 1.41 bits per heavy atom. The summed E-state index contributed by atoms with van der Waals surface area (Å²) >= 11 is 0. The fourth-order valence-electron chi connectivity index (χ4n) is 7.57. The Morgan fingerprint density at radius 3 is 2.30 bits per heavy atom. The predicted molar refractivity (Wildman–Crippen MR) is 216 cm³/mol. The van der Waals surface area contributed by atoms with Gasteiger partial charge in [0, 0.05) is 73.4 Å². The average molecular weight is 880 g/mol. The normalized spacial score (nSPS) is 12.8. The van der Waals surface area contributed by atoms with Crippen LogP contribution in [0.3, 0.4) is 0 Å². The molecule has 54 heavy (non-hydrogen) atoms. The molecule has 1 aliphatic rings. The van der Waals surface area contributed by atoms with Gasteiger partial charge >= 0.3 is 0 Å². The minimum absolute atomic E-state index is 0. The third-order valence-corrected chi connectivity index (χ3v) is 10.2. The monoisotopic (exact) mass is 879 g/mol. The molecule has 0 saturated heterocycles. The molecule has 266 valence electrons. The summed E-state index contributed by atoms with van der Waals surface area (Å²) in [5.41, 5.74) is 7.11. The fourth-order valence-corrected chi connectivity index (χ4v) is 7.57. The standard InChI is InChI=1S/C47H34N5O.Pt/c1-47(2,3)33-22-25-49-45(26-33)52-40-16-7-6-15-38(40)39-21-20-36(28-43(39)52)53-35-13-9-12-34(27-35)50-30-51(41-23-24-48-29-44(41)50)42-17-8-11-32-19-18-31-10-4-5-14-37(31)46(32)42;/h4-26,29-30H,1-3H3;/q-3;. The fraction of sp³-hybridized carbons (Fsp3) is 0.0851. The van der Waals surface area contributed by atoms with E-state index >= 15 is 0 Å². The number of pyridine rings is 2. The van der Waals surface area contributed by atoms with E-state index in [4.69, 9.17) is 9.72 Å². The van der Waals surface area contributed by atoms with E-state index in [9.17, 15) is 0 Å². The molecule has 0 unspecified atom stereocenters. The quantitative estimate of drug-likeness (QED) is 0.127. The summed E-state index contributed by atoms with van der Waals surface area (Å²) in [6.07, 6.45) is 5.64. The molecule has 0 amide bonds. The zero-order valence-electron chi connectivity index (χ0n) is 29.9. The summed E-state index contributed by atoms with van der Waals surface area (Å²) in [7, 11) is 0. The maximum absolute atomic E-state index is 6.54. The largest absolute Gasteiger partial charge is 0.509 e. The molecule has 1 aliphatic heterocycles. The second kappa shape index (κ2) is 13.2. The van der Waals surface area contributed by atoms with Crippen molar-refractivity contribution in [3.63, 3.8) is 0 Å². The van der Waals surface area contributed by atoms with Gasteiger partial charge in [0.15, 0.2) is 0 Å². The molecule has 3 aromatic heterocycles. The van der Waals surface area contributed by atoms with Crippen molar-refractivity contribution >= 4 is 66.1 Å². The molecule has 4 heterocycles. The van der Waals surface area contributed by atoms with Crippen molar-refractivity contribution in [1.82, 2.24) is 14.5 Å². The van der Waals surface area contributed by atoms with Gasteiger partial charge in [0.25, 0.3) is 0 Å². The first-order valence-electron chi connectivity index (χ1n) is 17.8. The Kier molecular flexibility index (Phi) is 8.24. The van der Waals surface area contributed by atoms with Crippen LogP contribution in [0, 0.1) is 18.8 Å². The molecule has 0 bridgehead atoms. The van der Waals surface area contributed by atoms with Gasteiger partial charge in [-0.15, -0.1) is 48.1 Å². The molecule has 0 N–H and O–H groups in total. The summed E-state index contributed by atoms with van der Waals surface area (Å²) in [5.74, 6) is 2.03. The van der Waals surface area contributed by atoms with E-state index in [0.29, 0.717) is 11.5 Å². The molecule has 9 aromatic rings. The Hall–Kier alpha value is -5.97. The first-order chi connectivity index (χ1) is 25.9. The van der Waals surface area contributed by atoms with Gasteiger partial charge in [0.1, 0.15) is 5.82 Å². The maximum atomic E-state index is 6.54. The number of rotatable bonds is 5. The molecule has 6 aromatic carbocycles. The number of fused-ring (bicyclic) bond motifs is 7. The number of ether oxygens (including phenoxy) is 1. The molecule has 0 fully saturated rings. The van der Waals surface area contributed by atoms with E-state index < -0.39 is 0 Å². The van der Waals surface area contributed by atoms with E-state index in [2.05, 4.69) is 162 Å². The van der Waals surface area contributed by atoms with Gasteiger partial charge in [-0.25, -0.2) is 4.98 Å². The number of hydrogen-bond acceptors (Lipinski definition) is 5. The van der Waals surface area contributed by atoms with Crippen molar-refractivity contribution in [2.75, 3.05) is 9.80 Å². The van der Waals surface area contributed by atoms with Crippen LogP contribution in [0.1, 0.15) is 26.3 Å². The van der Waals surface area contributed by atoms with Gasteiger partial charge in [0.05, 0.1) is 5.69 Å². The zero-order chi connectivity index (χ0) is 35.7. The molecule has 6 nitrogen and oxygen atoms in total. The molecule has 0 saturated carbocycles. The minimum Gasteiger partial charge on any atom is -0.509 e. The van der Waals surface area contributed by atoms with Gasteiger partial charge in [-0.1, -0.05) is 93.0 Å². The van der Waals surface area contributed by atoms with Crippen molar-refractivity contribution in [2.24, 2.45) is 0 Å². The summed E-state index contributed by atoms with van der Waals surface area (Å²) in [4.78, 5) is 13.7. The zero-order valence-corrected chi connectivity index (χ0v) is 32.2. The van der Waals surface area contributed by atoms with E-state index in [1.807, 2.05) is 42.9 Å². The van der Waals surface area contributed by atoms with Crippen molar-refractivity contribution in [1.29, 1.82) is 0 Å². The number of para-hydroxylation sites is 1. The Bertz CT molecular complexity index is 2870. The topological polar surface area (TPSA) is 46.4 Å². The maximum Gasteiger partial charge on any atom is 0.135 e. The number of benzene rings is 6. The van der Waals surface area contributed by atoms with Crippen LogP contribution in [0.15, 0.2) is 146 Å². The summed E-state index contributed by atoms with van der Waals surface area (Å²) < 4.78 is 8.72. The number of hydrogen-bond donors (Lipinski definition) is 0. The van der Waals surface area contributed by atoms with Crippen LogP contribution in [-0.4, -0.2) is 14.5 Å². The van der Waals surface area contributed by atoms with Gasteiger partial charge < -0.3 is 19.1 Å². The van der Waals surface area contributed by atoms with Gasteiger partial charge in [-0.05, 0) is 62.9 Å². The molecule has 0 aliphatic carbocycles. The van der Waals surface area contributed by atoms with E-state index in [-0.39, 0.29) is 26.5 Å². The van der Waals surface area contributed by atoms with Crippen molar-refractivity contribution in [2.45, 2.75) is 26.2 Å². The van der Waals surface area contributed by atoms with Crippen LogP contribution in [0.25, 0.3) is 49.2 Å². The van der Waals surface area contributed by atoms with Crippen LogP contribution in [-0.2, 0) is 26.5 Å². The molecular formula is C47H34N5OPt-3. The average Bonchev–Trinajstić information content (AvgIpc) is 3.73. The second-order valence-electron chi connectivity index (χ2n) is 14.5. The first kappa shape index (κ1) is 33.8. The minimum atomic E-state index is -0.0150. The van der Waals surface area contributed by atoms with Crippen LogP contribution in [0.2, 0.25) is 0 Å². The molecule has 10 rings (SSSR count). The summed E-state index contributed by atoms with van der Waals surface area (Å²) in [6.45, 7) is 8.78. The van der Waals surface area contributed by atoms with E-state index in [0.717, 1.165) is 50.4 Å². The van der Waals surface area contributed by atoms with Gasteiger partial charge in [0.2, 0.25) is 0 Å². The van der Waals surface area contributed by atoms with Crippen LogP contribution in [0.5, 0.6) is 11.5 Å². The summed E-state index contributed by atoms with van der Waals surface area (Å²) in [5, 5.41) is 7.05. The van der Waals surface area contributed by atoms with Crippen LogP contribution in [0.4, 0.5) is 22.7 Å². The Morgan fingerprint density at radius 1 is 0.630 bits per heavy atom. The van der Waals surface area contributed by atoms with Gasteiger partial charge in [-0.2, -0.15) is 12.1 Å². The van der Waals surface area contributed by atoms with Crippen molar-refractivity contribution in [3.8, 4) is 17.3 Å². The molecular weight excluding hydrogens is 846 g/mol. The van der Waals surface area contributed by atoms with E-state index in [1.165, 1.54) is 27.1 Å². The van der Waals surface area contributed by atoms with Crippen LogP contribution >= 0.6 is 0 Å². The molecule has 7 heteroatoms. The molecule has 0 spiro atoms. The second-order valence-corrected chi connectivity index (χ2v) is 14.5. The predicted octanol–water partition coefficient (Wildman–Crippen LogP) is 12.0. The third-order valence-electron chi connectivity index (χ3n) is 10.2. The number of anilines is 4. The molecule has 0 atom stereocenters. The smallest absolute Gasteiger partial charge is 0.135 e. The Labute approximate surface area is 328 Å². The van der Waals surface area contributed by atoms with Gasteiger partial charge in [-0.3, -0.25) is 4.98 Å².